The van der Waals surface area contributed by atoms with Crippen molar-refractivity contribution >= 4 is 29.1 Å². The number of aromatic nitrogens is 3. The van der Waals surface area contributed by atoms with Gasteiger partial charge in [-0.3, -0.25) is 9.48 Å². The molecule has 1 heterocycles. The average molecular weight is 513 g/mol. The number of ether oxygens (including phenoxy) is 1. The molecule has 2 aliphatic rings. The van der Waals surface area contributed by atoms with Crippen molar-refractivity contribution in [3.8, 4) is 0 Å². The van der Waals surface area contributed by atoms with Crippen LogP contribution in [-0.4, -0.2) is 33.6 Å². The minimum atomic E-state index is -0.351. The van der Waals surface area contributed by atoms with E-state index >= 15 is 0 Å². The van der Waals surface area contributed by atoms with E-state index in [0.717, 1.165) is 48.9 Å². The lowest BCUT2D eigenvalue weighted by Gasteiger charge is -2.25. The Kier molecular flexibility index (Phi) is 6.88. The number of amides is 1. The molecule has 2 aliphatic carbocycles. The molecule has 2 saturated carbocycles. The second kappa shape index (κ2) is 9.92. The summed E-state index contributed by atoms with van der Waals surface area (Å²) in [6.07, 6.45) is 8.54. The highest BCUT2D eigenvalue weighted by molar-refractivity contribution is 6.35. The summed E-state index contributed by atoms with van der Waals surface area (Å²) in [7, 11) is 1.83. The van der Waals surface area contributed by atoms with E-state index in [4.69, 9.17) is 27.9 Å². The van der Waals surface area contributed by atoms with Gasteiger partial charge in [-0.05, 0) is 61.8 Å². The van der Waals surface area contributed by atoms with Crippen molar-refractivity contribution in [1.29, 1.82) is 0 Å². The maximum Gasteiger partial charge on any atom is 0.220 e. The van der Waals surface area contributed by atoms with Gasteiger partial charge >= 0.3 is 0 Å². The van der Waals surface area contributed by atoms with Gasteiger partial charge in [-0.2, -0.15) is 0 Å². The number of carbonyl (C=O) groups is 1. The van der Waals surface area contributed by atoms with E-state index in [0.29, 0.717) is 29.4 Å². The van der Waals surface area contributed by atoms with E-state index in [-0.39, 0.29) is 23.0 Å². The highest BCUT2D eigenvalue weighted by Crippen LogP contribution is 2.58. The van der Waals surface area contributed by atoms with Gasteiger partial charge in [0, 0.05) is 41.7 Å². The summed E-state index contributed by atoms with van der Waals surface area (Å²) in [5, 5.41) is 13.1. The molecule has 1 atom stereocenters. The molecule has 1 unspecified atom stereocenters. The van der Waals surface area contributed by atoms with Crippen LogP contribution in [0.25, 0.3) is 0 Å². The third-order valence-electron chi connectivity index (χ3n) is 7.80. The number of fused-ring (bicyclic) bond motifs is 2. The van der Waals surface area contributed by atoms with E-state index < -0.39 is 0 Å². The Balaban J connectivity index is 1.20. The second-order valence-corrected chi connectivity index (χ2v) is 10.7. The molecule has 2 aromatic carbocycles. The van der Waals surface area contributed by atoms with Gasteiger partial charge in [0.2, 0.25) is 5.91 Å². The van der Waals surface area contributed by atoms with Crippen molar-refractivity contribution in [3.05, 3.63) is 81.6 Å². The molecule has 8 heteroatoms. The van der Waals surface area contributed by atoms with Crippen LogP contribution < -0.4 is 5.32 Å². The number of halogens is 2. The molecule has 0 aliphatic heterocycles. The summed E-state index contributed by atoms with van der Waals surface area (Å²) in [6, 6.07) is 14.8. The molecule has 0 spiro atoms. The van der Waals surface area contributed by atoms with Crippen LogP contribution in [0, 0.1) is 0 Å². The Morgan fingerprint density at radius 2 is 1.91 bits per heavy atom. The van der Waals surface area contributed by atoms with Crippen molar-refractivity contribution in [3.63, 3.8) is 0 Å². The fraction of sp³-hybridized carbons (Fsp3) is 0.444. The first-order chi connectivity index (χ1) is 16.9. The zero-order chi connectivity index (χ0) is 24.5. The van der Waals surface area contributed by atoms with Gasteiger partial charge in [-0.25, -0.2) is 0 Å². The number of rotatable bonds is 9. The summed E-state index contributed by atoms with van der Waals surface area (Å²) in [6.45, 7) is 0.642. The molecule has 1 N–H and O–H groups in total. The third-order valence-corrected chi connectivity index (χ3v) is 8.36. The van der Waals surface area contributed by atoms with E-state index in [9.17, 15) is 4.79 Å². The molecule has 3 aromatic rings. The summed E-state index contributed by atoms with van der Waals surface area (Å²) < 4.78 is 7.70. The van der Waals surface area contributed by atoms with Gasteiger partial charge in [-0.1, -0.05) is 64.8 Å². The number of benzene rings is 2. The Labute approximate surface area is 216 Å². The van der Waals surface area contributed by atoms with Gasteiger partial charge in [0.25, 0.3) is 0 Å². The lowest BCUT2D eigenvalue weighted by molar-refractivity contribution is -0.121. The predicted octanol–water partition coefficient (Wildman–Crippen LogP) is 5.87. The maximum absolute atomic E-state index is 12.9. The summed E-state index contributed by atoms with van der Waals surface area (Å²) >= 11 is 12.6. The van der Waals surface area contributed by atoms with Gasteiger partial charge in [0.05, 0.1) is 17.3 Å². The number of methoxy groups -OCH3 is 1. The fourth-order valence-electron chi connectivity index (χ4n) is 5.78. The lowest BCUT2D eigenvalue weighted by atomic mass is 9.81. The van der Waals surface area contributed by atoms with Gasteiger partial charge in [0.15, 0.2) is 0 Å². The quantitative estimate of drug-likeness (QED) is 0.389. The number of nitrogens with zero attached hydrogens (tertiary/aromatic N) is 3. The smallest absolute Gasteiger partial charge is 0.220 e. The average Bonchev–Trinajstić information content (AvgIpc) is 3.59. The zero-order valence-electron chi connectivity index (χ0n) is 19.8. The van der Waals surface area contributed by atoms with Crippen LogP contribution in [0.1, 0.15) is 67.8 Å². The fourth-order valence-corrected chi connectivity index (χ4v) is 6.30. The zero-order valence-corrected chi connectivity index (χ0v) is 21.4. The molecule has 0 radical (unpaired) electrons. The van der Waals surface area contributed by atoms with Crippen LogP contribution in [-0.2, 0) is 21.5 Å². The minimum absolute atomic E-state index is 0.0319. The van der Waals surface area contributed by atoms with Crippen molar-refractivity contribution in [2.45, 2.75) is 68.5 Å². The summed E-state index contributed by atoms with van der Waals surface area (Å²) in [5.41, 5.74) is 2.98. The monoisotopic (exact) mass is 512 g/mol. The first kappa shape index (κ1) is 24.3. The van der Waals surface area contributed by atoms with E-state index in [1.165, 1.54) is 0 Å². The standard InChI is InChI=1S/C27H30Cl2N4O2/c1-35-27-13-11-26(18-27,12-14-27)23-17-33(32-31-23)15-5-8-24(34)30-25(19-6-3-2-4-7-19)21-10-9-20(28)16-22(21)29/h2-4,6-7,9-10,16-17,25H,5,8,11-15,18H2,1H3,(H,30,34). The van der Waals surface area contributed by atoms with E-state index in [2.05, 4.69) is 21.8 Å². The summed E-state index contributed by atoms with van der Waals surface area (Å²) in [4.78, 5) is 12.9. The highest BCUT2D eigenvalue weighted by atomic mass is 35.5. The largest absolute Gasteiger partial charge is 0.378 e. The molecule has 1 amide bonds. The molecule has 0 saturated heterocycles. The molecule has 5 rings (SSSR count). The molecular formula is C27H30Cl2N4O2. The van der Waals surface area contributed by atoms with Crippen LogP contribution in [0.4, 0.5) is 0 Å². The maximum atomic E-state index is 12.9. The number of aryl methyl sites for hydroxylation is 1. The molecule has 184 valence electrons. The Morgan fingerprint density at radius 3 is 2.60 bits per heavy atom. The van der Waals surface area contributed by atoms with Crippen LogP contribution in [0.3, 0.4) is 0 Å². The molecule has 1 aromatic heterocycles. The van der Waals surface area contributed by atoms with Gasteiger partial charge in [-0.15, -0.1) is 5.10 Å². The first-order valence-corrected chi connectivity index (χ1v) is 12.9. The Bertz CT molecular complexity index is 1190. The number of hydrogen-bond acceptors (Lipinski definition) is 4. The third kappa shape index (κ3) is 4.97. The highest BCUT2D eigenvalue weighted by Gasteiger charge is 2.56. The predicted molar refractivity (Wildman–Crippen MR) is 137 cm³/mol. The number of nitrogens with one attached hydrogen (secondary N) is 1. The van der Waals surface area contributed by atoms with E-state index in [1.54, 1.807) is 12.1 Å². The normalized spacial score (nSPS) is 24.0. The Morgan fingerprint density at radius 1 is 1.14 bits per heavy atom. The van der Waals surface area contributed by atoms with Crippen LogP contribution >= 0.6 is 23.2 Å². The lowest BCUT2D eigenvalue weighted by Crippen LogP contribution is -2.29. The minimum Gasteiger partial charge on any atom is -0.378 e. The number of carbonyl (C=O) groups excluding carboxylic acids is 1. The van der Waals surface area contributed by atoms with E-state index in [1.807, 2.05) is 48.2 Å². The van der Waals surface area contributed by atoms with Crippen molar-refractivity contribution < 1.29 is 9.53 Å². The topological polar surface area (TPSA) is 69.0 Å². The molecule has 6 nitrogen and oxygen atoms in total. The van der Waals surface area contributed by atoms with Crippen molar-refractivity contribution in [2.75, 3.05) is 7.11 Å². The number of hydrogen-bond donors (Lipinski definition) is 1. The van der Waals surface area contributed by atoms with Crippen LogP contribution in [0.15, 0.2) is 54.7 Å². The van der Waals surface area contributed by atoms with Gasteiger partial charge in [0.1, 0.15) is 0 Å². The second-order valence-electron chi connectivity index (χ2n) is 9.89. The van der Waals surface area contributed by atoms with Crippen molar-refractivity contribution in [1.82, 2.24) is 20.3 Å². The summed E-state index contributed by atoms with van der Waals surface area (Å²) in [5.74, 6) is -0.0414. The molecule has 2 fully saturated rings. The Hall–Kier alpha value is -2.41. The van der Waals surface area contributed by atoms with Crippen molar-refractivity contribution in [2.24, 2.45) is 0 Å². The van der Waals surface area contributed by atoms with Crippen LogP contribution in [0.2, 0.25) is 10.0 Å². The van der Waals surface area contributed by atoms with Gasteiger partial charge < -0.3 is 10.1 Å². The SMILES string of the molecule is COC12CCC(c3cn(CCCC(=O)NC(c4ccccc4)c4ccc(Cl)cc4Cl)nn3)(CC1)C2. The molecule has 35 heavy (non-hydrogen) atoms. The molecular weight excluding hydrogens is 483 g/mol. The van der Waals surface area contributed by atoms with Crippen LogP contribution in [0.5, 0.6) is 0 Å². The molecule has 2 bridgehead atoms. The first-order valence-electron chi connectivity index (χ1n) is 12.2.